The molecule has 8 rings (SSSR count). The van der Waals surface area contributed by atoms with Gasteiger partial charge in [0.1, 0.15) is 11.3 Å². The van der Waals surface area contributed by atoms with E-state index in [1.807, 2.05) is 36.7 Å². The van der Waals surface area contributed by atoms with Crippen molar-refractivity contribution in [3.05, 3.63) is 182 Å². The Labute approximate surface area is 274 Å². The molecule has 47 heavy (non-hydrogen) atoms. The predicted molar refractivity (Wildman–Crippen MR) is 194 cm³/mol. The number of aromatic nitrogens is 4. The van der Waals surface area contributed by atoms with E-state index in [4.69, 9.17) is 0 Å². The minimum absolute atomic E-state index is 0.938. The fraction of sp³-hybridized carbons (Fsp3) is 0. The summed E-state index contributed by atoms with van der Waals surface area (Å²) in [5.41, 5.74) is 13.4. The van der Waals surface area contributed by atoms with Gasteiger partial charge in [-0.25, -0.2) is 9.97 Å². The fourth-order valence-corrected chi connectivity index (χ4v) is 8.98. The first kappa shape index (κ1) is 28.1. The van der Waals surface area contributed by atoms with Crippen LogP contribution in [0.25, 0.3) is 33.4 Å². The number of fused-ring (bicyclic) bond motifs is 2. The lowest BCUT2D eigenvalue weighted by atomic mass is 10.2. The van der Waals surface area contributed by atoms with Gasteiger partial charge in [-0.15, -0.1) is 0 Å². The largest absolute Gasteiger partial charge is 0.301 e. The van der Waals surface area contributed by atoms with Crippen molar-refractivity contribution in [2.45, 2.75) is 0 Å². The first-order valence-corrected chi connectivity index (χ1v) is 17.5. The molecule has 0 spiro atoms. The van der Waals surface area contributed by atoms with Gasteiger partial charge in [-0.05, 0) is 95.3 Å². The minimum Gasteiger partial charge on any atom is -0.301 e. The minimum atomic E-state index is -2.87. The van der Waals surface area contributed by atoms with Gasteiger partial charge < -0.3 is 9.13 Å². The lowest BCUT2D eigenvalue weighted by molar-refractivity contribution is 1.09. The van der Waals surface area contributed by atoms with E-state index in [1.165, 1.54) is 0 Å². The maximum atomic E-state index is 4.57. The van der Waals surface area contributed by atoms with Gasteiger partial charge in [0, 0.05) is 58.1 Å². The summed E-state index contributed by atoms with van der Waals surface area (Å²) in [7, 11) is -2.87. The molecule has 8 aromatic rings. The van der Waals surface area contributed by atoms with Gasteiger partial charge in [0.25, 0.3) is 8.07 Å². The second-order valence-corrected chi connectivity index (χ2v) is 14.4. The Morgan fingerprint density at radius 1 is 0.426 bits per heavy atom. The predicted octanol–water partition coefficient (Wildman–Crippen LogP) is 7.11. The average molecular weight is 617 g/mol. The lowest BCUT2D eigenvalue weighted by Crippen LogP contribution is -2.57. The number of pyridine rings is 2. The van der Waals surface area contributed by atoms with Crippen molar-refractivity contribution in [2.75, 3.05) is 0 Å². The van der Waals surface area contributed by atoms with Gasteiger partial charge in [-0.3, -0.25) is 0 Å². The maximum absolute atomic E-state index is 4.57. The average Bonchev–Trinajstić information content (AvgIpc) is 3.78. The van der Waals surface area contributed by atoms with Gasteiger partial charge in [0.2, 0.25) is 0 Å². The third-order valence-corrected chi connectivity index (χ3v) is 11.8. The van der Waals surface area contributed by atoms with Crippen LogP contribution in [0.15, 0.2) is 170 Å². The molecule has 4 aromatic carbocycles. The van der Waals surface area contributed by atoms with Crippen LogP contribution in [0.3, 0.4) is 0 Å². The molecule has 0 amide bonds. The van der Waals surface area contributed by atoms with Crippen LogP contribution in [-0.4, -0.2) is 27.2 Å². The number of nitrogens with zero attached hydrogens (tertiary/aromatic N) is 4. The second kappa shape index (κ2) is 12.2. The molecule has 220 valence electrons. The highest BCUT2D eigenvalue weighted by Crippen LogP contribution is 2.20. The van der Waals surface area contributed by atoms with Crippen molar-refractivity contribution >= 4 is 40.5 Å². The van der Waals surface area contributed by atoms with Crippen LogP contribution in [0.5, 0.6) is 0 Å². The molecule has 0 unspecified atom stereocenters. The monoisotopic (exact) mass is 616 g/mol. The summed E-state index contributed by atoms with van der Waals surface area (Å²) < 4.78 is 4.21. The summed E-state index contributed by atoms with van der Waals surface area (Å²) in [6.07, 6.45) is 7.77. The smallest absolute Gasteiger partial charge is 0.276 e. The molecule has 4 aromatic heterocycles. The SMILES string of the molecule is C(#C[Si](C#Cc1ccc(-n2ccc3cccnc32)cc1)(c1ccccc1)c1ccccc1)c1ccc(-n2ccc3cccnc32)cc1. The highest BCUT2D eigenvalue weighted by Gasteiger charge is 2.34. The molecule has 0 N–H and O–H groups in total. The zero-order valence-corrected chi connectivity index (χ0v) is 26.5. The number of benzene rings is 4. The Balaban J connectivity index is 1.19. The van der Waals surface area contributed by atoms with Crippen molar-refractivity contribution in [3.8, 4) is 34.3 Å². The first-order chi connectivity index (χ1) is 23.3. The van der Waals surface area contributed by atoms with Gasteiger partial charge in [0.15, 0.2) is 0 Å². The summed E-state index contributed by atoms with van der Waals surface area (Å²) in [5.74, 6) is 7.09. The summed E-state index contributed by atoms with van der Waals surface area (Å²) in [5, 5.41) is 4.55. The van der Waals surface area contributed by atoms with E-state index in [2.05, 4.69) is 176 Å². The van der Waals surface area contributed by atoms with Crippen LogP contribution in [0, 0.1) is 22.9 Å². The highest BCUT2D eigenvalue weighted by molar-refractivity contribution is 7.13. The van der Waals surface area contributed by atoms with Crippen LogP contribution in [0.2, 0.25) is 0 Å². The quantitative estimate of drug-likeness (QED) is 0.156. The molecule has 0 radical (unpaired) electrons. The Bertz CT molecular complexity index is 2280. The van der Waals surface area contributed by atoms with Crippen molar-refractivity contribution in [1.82, 2.24) is 19.1 Å². The molecule has 0 bridgehead atoms. The van der Waals surface area contributed by atoms with Gasteiger partial charge in [-0.1, -0.05) is 83.6 Å². The molecule has 0 fully saturated rings. The molecule has 0 atom stereocenters. The molecular weight excluding hydrogens is 589 g/mol. The van der Waals surface area contributed by atoms with Crippen LogP contribution >= 0.6 is 0 Å². The van der Waals surface area contributed by atoms with Crippen LogP contribution in [0.4, 0.5) is 0 Å². The number of rotatable bonds is 4. The Morgan fingerprint density at radius 3 is 1.28 bits per heavy atom. The normalized spacial score (nSPS) is 11.1. The van der Waals surface area contributed by atoms with Crippen molar-refractivity contribution < 1.29 is 0 Å². The van der Waals surface area contributed by atoms with Crippen molar-refractivity contribution in [3.63, 3.8) is 0 Å². The summed E-state index contributed by atoms with van der Waals surface area (Å²) in [6.45, 7) is 0. The Kier molecular flexibility index (Phi) is 7.28. The Morgan fingerprint density at radius 2 is 0.851 bits per heavy atom. The third-order valence-electron chi connectivity index (χ3n) is 8.39. The zero-order chi connectivity index (χ0) is 31.5. The molecule has 0 aliphatic heterocycles. The Hall–Kier alpha value is -6.40. The van der Waals surface area contributed by atoms with Crippen LogP contribution in [-0.2, 0) is 0 Å². The van der Waals surface area contributed by atoms with E-state index < -0.39 is 8.07 Å². The van der Waals surface area contributed by atoms with Gasteiger partial charge >= 0.3 is 0 Å². The van der Waals surface area contributed by atoms with Crippen LogP contribution < -0.4 is 10.4 Å². The topological polar surface area (TPSA) is 35.6 Å². The molecule has 5 heteroatoms. The number of hydrogen-bond donors (Lipinski definition) is 0. The standard InChI is InChI=1S/C42H28N4Si/c1-3-11-39(12-4-1)47(40-13-5-2-6-14-40,31-25-33-15-19-37(20-16-33)45-29-23-35-9-7-27-43-41(35)45)32-26-34-17-21-38(22-18-34)46-30-24-36-10-8-28-44-42(36)46/h1-24,27-30H. The third kappa shape index (κ3) is 5.42. The van der Waals surface area contributed by atoms with E-state index in [0.29, 0.717) is 0 Å². The van der Waals surface area contributed by atoms with Gasteiger partial charge in [0.05, 0.1) is 0 Å². The van der Waals surface area contributed by atoms with Crippen molar-refractivity contribution in [1.29, 1.82) is 0 Å². The highest BCUT2D eigenvalue weighted by atomic mass is 28.3. The molecule has 0 saturated heterocycles. The van der Waals surface area contributed by atoms with E-state index in [1.54, 1.807) is 0 Å². The maximum Gasteiger partial charge on any atom is 0.276 e. The number of hydrogen-bond acceptors (Lipinski definition) is 2. The molecule has 0 aliphatic carbocycles. The van der Waals surface area contributed by atoms with Crippen LogP contribution in [0.1, 0.15) is 11.1 Å². The van der Waals surface area contributed by atoms with Gasteiger partial charge in [-0.2, -0.15) is 0 Å². The molecular formula is C42H28N4Si. The second-order valence-electron chi connectivity index (χ2n) is 11.3. The molecule has 0 saturated carbocycles. The summed E-state index contributed by atoms with van der Waals surface area (Å²) in [4.78, 5) is 9.14. The van der Waals surface area contributed by atoms with E-state index in [9.17, 15) is 0 Å². The zero-order valence-electron chi connectivity index (χ0n) is 25.5. The summed E-state index contributed by atoms with van der Waals surface area (Å²) >= 11 is 0. The summed E-state index contributed by atoms with van der Waals surface area (Å²) in [6, 6.07) is 50.1. The van der Waals surface area contributed by atoms with E-state index in [-0.39, 0.29) is 0 Å². The first-order valence-electron chi connectivity index (χ1n) is 15.5. The molecule has 0 aliphatic rings. The molecule has 4 nitrogen and oxygen atoms in total. The molecule has 4 heterocycles. The lowest BCUT2D eigenvalue weighted by Gasteiger charge is -2.21. The van der Waals surface area contributed by atoms with Crippen molar-refractivity contribution in [2.24, 2.45) is 0 Å². The fourth-order valence-electron chi connectivity index (χ4n) is 5.95. The van der Waals surface area contributed by atoms with E-state index in [0.717, 1.165) is 54.9 Å². The van der Waals surface area contributed by atoms with E-state index >= 15 is 0 Å².